The Hall–Kier alpha value is -2.43. The van der Waals surface area contributed by atoms with Crippen LogP contribution >= 0.6 is 0 Å². The second-order valence-electron chi connectivity index (χ2n) is 3.40. The van der Waals surface area contributed by atoms with Gasteiger partial charge in [0.2, 0.25) is 0 Å². The smallest absolute Gasteiger partial charge is 0.331 e. The van der Waals surface area contributed by atoms with Crippen molar-refractivity contribution in [1.82, 2.24) is 9.97 Å². The van der Waals surface area contributed by atoms with Crippen molar-refractivity contribution in [2.45, 2.75) is 6.92 Å². The first kappa shape index (κ1) is 11.1. The number of nitrogens with zero attached hydrogens (tertiary/aromatic N) is 2. The zero-order chi connectivity index (χ0) is 12.3. The fraction of sp³-hybridized carbons (Fsp3) is 0.0833. The van der Waals surface area contributed by atoms with E-state index in [2.05, 4.69) is 9.97 Å². The molecule has 2 aromatic rings. The predicted molar refractivity (Wildman–Crippen MR) is 61.6 cm³/mol. The maximum atomic E-state index is 10.4. The van der Waals surface area contributed by atoms with Gasteiger partial charge in [-0.1, -0.05) is 0 Å². The van der Waals surface area contributed by atoms with Crippen LogP contribution in [0.15, 0.2) is 42.4 Å². The summed E-state index contributed by atoms with van der Waals surface area (Å²) in [6.45, 7) is 1.58. The van der Waals surface area contributed by atoms with E-state index in [0.29, 0.717) is 17.0 Å². The molecule has 0 aliphatic rings. The summed E-state index contributed by atoms with van der Waals surface area (Å²) < 4.78 is 5.35. The predicted octanol–water partition coefficient (Wildman–Crippen LogP) is 2.00. The quantitative estimate of drug-likeness (QED) is 0.644. The van der Waals surface area contributed by atoms with Crippen molar-refractivity contribution in [2.24, 2.45) is 0 Å². The highest BCUT2D eigenvalue weighted by Gasteiger charge is 2.01. The monoisotopic (exact) mass is 230 g/mol. The number of carboxylic acids is 1. The molecule has 1 aromatic carbocycles. The summed E-state index contributed by atoms with van der Waals surface area (Å²) in [4.78, 5) is 18.7. The number of fused-ring (bicyclic) bond motifs is 1. The van der Waals surface area contributed by atoms with Crippen LogP contribution in [0.1, 0.15) is 6.92 Å². The molecule has 1 N–H and O–H groups in total. The molecule has 1 aromatic heterocycles. The van der Waals surface area contributed by atoms with Crippen LogP contribution in [0.3, 0.4) is 0 Å². The lowest BCUT2D eigenvalue weighted by Crippen LogP contribution is -1.96. The van der Waals surface area contributed by atoms with Crippen LogP contribution in [-0.2, 0) is 4.79 Å². The zero-order valence-corrected chi connectivity index (χ0v) is 9.12. The second-order valence-corrected chi connectivity index (χ2v) is 3.40. The molecule has 0 fully saturated rings. The maximum absolute atomic E-state index is 10.4. The van der Waals surface area contributed by atoms with Crippen LogP contribution in [-0.4, -0.2) is 21.0 Å². The molecule has 0 spiro atoms. The molecule has 0 bridgehead atoms. The first-order valence-corrected chi connectivity index (χ1v) is 4.95. The summed E-state index contributed by atoms with van der Waals surface area (Å²) in [5.74, 6) is -0.197. The van der Waals surface area contributed by atoms with E-state index in [9.17, 15) is 4.79 Å². The number of carboxylic acid groups (broad SMARTS) is 1. The van der Waals surface area contributed by atoms with E-state index < -0.39 is 5.97 Å². The van der Waals surface area contributed by atoms with Gasteiger partial charge < -0.3 is 9.84 Å². The van der Waals surface area contributed by atoms with Crippen molar-refractivity contribution >= 4 is 17.0 Å². The van der Waals surface area contributed by atoms with Crippen molar-refractivity contribution in [3.8, 4) is 5.75 Å². The highest BCUT2D eigenvalue weighted by atomic mass is 16.5. The summed E-state index contributed by atoms with van der Waals surface area (Å²) in [5, 5.41) is 8.55. The van der Waals surface area contributed by atoms with Crippen molar-refractivity contribution in [3.63, 3.8) is 0 Å². The minimum atomic E-state index is -1.04. The van der Waals surface area contributed by atoms with E-state index in [1.165, 1.54) is 0 Å². The number of aliphatic carboxylic acids is 1. The number of hydrogen-bond donors (Lipinski definition) is 1. The number of rotatable bonds is 3. The van der Waals surface area contributed by atoms with Gasteiger partial charge in [0.1, 0.15) is 11.5 Å². The lowest BCUT2D eigenvalue weighted by Gasteiger charge is -2.05. The topological polar surface area (TPSA) is 72.3 Å². The van der Waals surface area contributed by atoms with Crippen LogP contribution in [0, 0.1) is 0 Å². The van der Waals surface area contributed by atoms with E-state index in [1.54, 1.807) is 37.5 Å². The van der Waals surface area contributed by atoms with E-state index in [4.69, 9.17) is 9.84 Å². The number of allylic oxidation sites excluding steroid dienone is 1. The molecule has 0 atom stereocenters. The molecule has 5 nitrogen and oxygen atoms in total. The molecule has 1 heterocycles. The molecule has 0 saturated carbocycles. The first-order chi connectivity index (χ1) is 8.15. The van der Waals surface area contributed by atoms with Gasteiger partial charge in [0.15, 0.2) is 0 Å². The third-order valence-corrected chi connectivity index (χ3v) is 2.05. The molecule has 0 aliphatic carbocycles. The van der Waals surface area contributed by atoms with Crippen molar-refractivity contribution in [2.75, 3.05) is 0 Å². The Balaban J connectivity index is 2.28. The van der Waals surface area contributed by atoms with E-state index in [-0.39, 0.29) is 0 Å². The minimum Gasteiger partial charge on any atom is -0.478 e. The number of hydrogen-bond acceptors (Lipinski definition) is 4. The fourth-order valence-electron chi connectivity index (χ4n) is 1.40. The van der Waals surface area contributed by atoms with Crippen LogP contribution < -0.4 is 4.74 Å². The Morgan fingerprint density at radius 1 is 1.29 bits per heavy atom. The van der Waals surface area contributed by atoms with Gasteiger partial charge in [0.05, 0.1) is 17.1 Å². The number of carbonyl (C=O) groups is 1. The number of ether oxygens (including phenoxy) is 1. The fourth-order valence-corrected chi connectivity index (χ4v) is 1.40. The normalized spacial score (nSPS) is 11.5. The highest BCUT2D eigenvalue weighted by Crippen LogP contribution is 2.19. The Bertz CT molecular complexity index is 593. The molecular weight excluding hydrogens is 220 g/mol. The molecule has 86 valence electrons. The van der Waals surface area contributed by atoms with Gasteiger partial charge >= 0.3 is 5.97 Å². The van der Waals surface area contributed by atoms with Crippen LogP contribution in [0.2, 0.25) is 0 Å². The van der Waals surface area contributed by atoms with Crippen molar-refractivity contribution in [1.29, 1.82) is 0 Å². The summed E-state index contributed by atoms with van der Waals surface area (Å²) in [6.07, 6.45) is 4.20. The standard InChI is InChI=1S/C12H10N2O3/c1-8(6-12(15)16)17-9-2-3-10-11(7-9)14-5-4-13-10/h2-7H,1H3,(H,15,16). The van der Waals surface area contributed by atoms with Crippen molar-refractivity contribution in [3.05, 3.63) is 42.4 Å². The summed E-state index contributed by atoms with van der Waals surface area (Å²) >= 11 is 0. The Kier molecular flexibility index (Phi) is 3.00. The van der Waals surface area contributed by atoms with Crippen LogP contribution in [0.25, 0.3) is 11.0 Å². The average Bonchev–Trinajstić information content (AvgIpc) is 2.27. The number of benzene rings is 1. The summed E-state index contributed by atoms with van der Waals surface area (Å²) in [6, 6.07) is 5.20. The van der Waals surface area contributed by atoms with E-state index >= 15 is 0 Å². The SMILES string of the molecule is CC(=CC(=O)O)Oc1ccc2nccnc2c1. The van der Waals surface area contributed by atoms with Gasteiger partial charge in [-0.3, -0.25) is 9.97 Å². The molecule has 2 rings (SSSR count). The van der Waals surface area contributed by atoms with Crippen LogP contribution in [0.4, 0.5) is 0 Å². The maximum Gasteiger partial charge on any atom is 0.331 e. The molecule has 0 saturated heterocycles. The molecule has 0 amide bonds. The minimum absolute atomic E-state index is 0.306. The Morgan fingerprint density at radius 2 is 2.00 bits per heavy atom. The van der Waals surface area contributed by atoms with Gasteiger partial charge in [-0.05, 0) is 19.1 Å². The van der Waals surface area contributed by atoms with Gasteiger partial charge in [-0.2, -0.15) is 0 Å². The second kappa shape index (κ2) is 4.61. The highest BCUT2D eigenvalue weighted by molar-refractivity contribution is 5.80. The largest absolute Gasteiger partial charge is 0.478 e. The Labute approximate surface area is 97.4 Å². The van der Waals surface area contributed by atoms with Gasteiger partial charge in [0, 0.05) is 18.5 Å². The molecule has 0 aliphatic heterocycles. The lowest BCUT2D eigenvalue weighted by atomic mass is 10.3. The lowest BCUT2D eigenvalue weighted by molar-refractivity contribution is -0.131. The van der Waals surface area contributed by atoms with Gasteiger partial charge in [-0.15, -0.1) is 0 Å². The number of aromatic nitrogens is 2. The average molecular weight is 230 g/mol. The molecule has 0 unspecified atom stereocenters. The first-order valence-electron chi connectivity index (χ1n) is 4.95. The molecule has 0 radical (unpaired) electrons. The third kappa shape index (κ3) is 2.78. The van der Waals surface area contributed by atoms with E-state index in [0.717, 1.165) is 11.6 Å². The molecule has 17 heavy (non-hydrogen) atoms. The summed E-state index contributed by atoms with van der Waals surface area (Å²) in [7, 11) is 0. The molecular formula is C12H10N2O3. The van der Waals surface area contributed by atoms with Gasteiger partial charge in [-0.25, -0.2) is 4.79 Å². The molecule has 5 heteroatoms. The third-order valence-electron chi connectivity index (χ3n) is 2.05. The van der Waals surface area contributed by atoms with Crippen molar-refractivity contribution < 1.29 is 14.6 Å². The summed E-state index contributed by atoms with van der Waals surface area (Å²) in [5.41, 5.74) is 1.47. The zero-order valence-electron chi connectivity index (χ0n) is 9.12. The van der Waals surface area contributed by atoms with E-state index in [1.807, 2.05) is 0 Å². The van der Waals surface area contributed by atoms with Crippen LogP contribution in [0.5, 0.6) is 5.75 Å². The van der Waals surface area contributed by atoms with Gasteiger partial charge in [0.25, 0.3) is 0 Å². The Morgan fingerprint density at radius 3 is 2.71 bits per heavy atom.